The molecule has 1 aromatic carbocycles. The highest BCUT2D eigenvalue weighted by molar-refractivity contribution is 7.91. The van der Waals surface area contributed by atoms with Crippen molar-refractivity contribution >= 4 is 27.1 Å². The third-order valence-electron chi connectivity index (χ3n) is 3.27. The topological polar surface area (TPSA) is 37.4 Å². The number of hydrogen-bond donors (Lipinski definition) is 0. The molecule has 0 aliphatic heterocycles. The number of rotatable bonds is 6. The first-order valence-corrected chi connectivity index (χ1v) is 8.56. The van der Waals surface area contributed by atoms with Gasteiger partial charge in [0, 0.05) is 18.5 Å². The second-order valence-electron chi connectivity index (χ2n) is 5.29. The normalized spacial score (nSPS) is 12.5. The molecule has 0 aliphatic carbocycles. The fraction of sp³-hybridized carbons (Fsp3) is 0.571. The van der Waals surface area contributed by atoms with Gasteiger partial charge in [0.25, 0.3) is 0 Å². The second-order valence-corrected chi connectivity index (χ2v) is 7.64. The molecular weight excluding hydrogens is 282 g/mol. The van der Waals surface area contributed by atoms with Crippen molar-refractivity contribution in [1.82, 2.24) is 0 Å². The van der Waals surface area contributed by atoms with Crippen LogP contribution in [0.1, 0.15) is 27.2 Å². The van der Waals surface area contributed by atoms with Gasteiger partial charge in [-0.2, -0.15) is 0 Å². The largest absolute Gasteiger partial charge is 0.367 e. The van der Waals surface area contributed by atoms with Crippen molar-refractivity contribution in [3.8, 4) is 0 Å². The van der Waals surface area contributed by atoms with E-state index in [0.717, 1.165) is 0 Å². The first-order valence-electron chi connectivity index (χ1n) is 6.38. The van der Waals surface area contributed by atoms with Crippen molar-refractivity contribution < 1.29 is 8.42 Å². The zero-order valence-corrected chi connectivity index (χ0v) is 13.6. The number of sulfone groups is 1. The Morgan fingerprint density at radius 3 is 2.37 bits per heavy atom. The molecule has 3 nitrogen and oxygen atoms in total. The van der Waals surface area contributed by atoms with Crippen LogP contribution in [0.4, 0.5) is 5.69 Å². The number of para-hydroxylation sites is 1. The second kappa shape index (κ2) is 6.14. The third-order valence-corrected chi connectivity index (χ3v) is 5.88. The highest BCUT2D eigenvalue weighted by Gasteiger charge is 2.27. The van der Waals surface area contributed by atoms with Gasteiger partial charge in [-0.15, -0.1) is 11.6 Å². The van der Waals surface area contributed by atoms with E-state index in [1.54, 1.807) is 12.1 Å². The maximum atomic E-state index is 12.3. The van der Waals surface area contributed by atoms with Crippen LogP contribution >= 0.6 is 11.6 Å². The molecule has 1 aromatic rings. The SMILES string of the molecule is CCCS(=O)(=O)c1ccccc1N(C)C(C)(C)CCl. The van der Waals surface area contributed by atoms with Crippen LogP contribution in [0, 0.1) is 0 Å². The van der Waals surface area contributed by atoms with Crippen LogP contribution in [0.25, 0.3) is 0 Å². The van der Waals surface area contributed by atoms with Crippen molar-refractivity contribution in [2.45, 2.75) is 37.6 Å². The molecule has 0 saturated heterocycles. The molecular formula is C14H22ClNO2S. The minimum Gasteiger partial charge on any atom is -0.367 e. The van der Waals surface area contributed by atoms with Crippen LogP contribution in [0.5, 0.6) is 0 Å². The van der Waals surface area contributed by atoms with Crippen LogP contribution in [-0.2, 0) is 9.84 Å². The monoisotopic (exact) mass is 303 g/mol. The lowest BCUT2D eigenvalue weighted by molar-refractivity contribution is 0.540. The van der Waals surface area contributed by atoms with Crippen molar-refractivity contribution in [3.63, 3.8) is 0 Å². The van der Waals surface area contributed by atoms with Crippen molar-refractivity contribution in [2.24, 2.45) is 0 Å². The number of anilines is 1. The Balaban J connectivity index is 3.32. The molecule has 0 fully saturated rings. The summed E-state index contributed by atoms with van der Waals surface area (Å²) in [6.45, 7) is 5.85. The van der Waals surface area contributed by atoms with Gasteiger partial charge >= 0.3 is 0 Å². The summed E-state index contributed by atoms with van der Waals surface area (Å²) in [6, 6.07) is 7.10. The Labute approximate surface area is 121 Å². The van der Waals surface area contributed by atoms with E-state index in [-0.39, 0.29) is 11.3 Å². The minimum absolute atomic E-state index is 0.166. The first kappa shape index (κ1) is 16.3. The fourth-order valence-corrected chi connectivity index (χ4v) is 3.54. The Hall–Kier alpha value is -0.740. The molecule has 0 aromatic heterocycles. The van der Waals surface area contributed by atoms with Crippen molar-refractivity contribution in [1.29, 1.82) is 0 Å². The van der Waals surface area contributed by atoms with Crippen molar-refractivity contribution in [2.75, 3.05) is 23.6 Å². The number of alkyl halides is 1. The number of benzene rings is 1. The predicted molar refractivity (Wildman–Crippen MR) is 82.0 cm³/mol. The van der Waals surface area contributed by atoms with E-state index in [2.05, 4.69) is 0 Å². The molecule has 0 N–H and O–H groups in total. The standard InChI is InChI=1S/C14H22ClNO2S/c1-5-10-19(17,18)13-9-7-6-8-12(13)16(4)14(2,3)11-15/h6-9H,5,10-11H2,1-4H3. The van der Waals surface area contributed by atoms with Crippen LogP contribution < -0.4 is 4.90 Å². The molecule has 0 saturated carbocycles. The van der Waals surface area contributed by atoms with Crippen LogP contribution in [0.15, 0.2) is 29.2 Å². The van der Waals surface area contributed by atoms with Gasteiger partial charge in [0.05, 0.1) is 16.3 Å². The molecule has 1 rings (SSSR count). The van der Waals surface area contributed by atoms with Crippen LogP contribution in [0.2, 0.25) is 0 Å². The van der Waals surface area contributed by atoms with Gasteiger partial charge in [0.2, 0.25) is 0 Å². The zero-order valence-electron chi connectivity index (χ0n) is 12.0. The van der Waals surface area contributed by atoms with Gasteiger partial charge in [0.1, 0.15) is 0 Å². The summed E-state index contributed by atoms with van der Waals surface area (Å²) >= 11 is 5.97. The zero-order chi connectivity index (χ0) is 14.7. The lowest BCUT2D eigenvalue weighted by atomic mass is 10.1. The van der Waals surface area contributed by atoms with E-state index in [1.807, 2.05) is 44.9 Å². The minimum atomic E-state index is -3.24. The lowest BCUT2D eigenvalue weighted by Gasteiger charge is -2.36. The van der Waals surface area contributed by atoms with Gasteiger partial charge in [0.15, 0.2) is 9.84 Å². The van der Waals surface area contributed by atoms with Gasteiger partial charge in [-0.25, -0.2) is 8.42 Å². The summed E-state index contributed by atoms with van der Waals surface area (Å²) in [5.74, 6) is 0.588. The highest BCUT2D eigenvalue weighted by Crippen LogP contribution is 2.30. The van der Waals surface area contributed by atoms with Gasteiger partial charge in [-0.1, -0.05) is 19.1 Å². The average Bonchev–Trinajstić information content (AvgIpc) is 2.37. The molecule has 0 spiro atoms. The van der Waals surface area contributed by atoms with E-state index in [4.69, 9.17) is 11.6 Å². The van der Waals surface area contributed by atoms with Crippen molar-refractivity contribution in [3.05, 3.63) is 24.3 Å². The molecule has 108 valence electrons. The van der Waals surface area contributed by atoms with Gasteiger partial charge in [-0.3, -0.25) is 0 Å². The smallest absolute Gasteiger partial charge is 0.180 e. The summed E-state index contributed by atoms with van der Waals surface area (Å²) in [5, 5.41) is 0. The van der Waals surface area contributed by atoms with Gasteiger partial charge < -0.3 is 4.90 Å². The average molecular weight is 304 g/mol. The van der Waals surface area contributed by atoms with E-state index >= 15 is 0 Å². The number of nitrogens with zero attached hydrogens (tertiary/aromatic N) is 1. The van der Waals surface area contributed by atoms with Gasteiger partial charge in [-0.05, 0) is 32.4 Å². The molecule has 0 bridgehead atoms. The molecule has 0 unspecified atom stereocenters. The number of hydrogen-bond acceptors (Lipinski definition) is 3. The highest BCUT2D eigenvalue weighted by atomic mass is 35.5. The molecule has 0 aliphatic rings. The summed E-state index contributed by atoms with van der Waals surface area (Å²) in [6.07, 6.45) is 0.610. The Kier molecular flexibility index (Phi) is 5.27. The van der Waals surface area contributed by atoms with E-state index in [1.165, 1.54) is 0 Å². The quantitative estimate of drug-likeness (QED) is 0.757. The summed E-state index contributed by atoms with van der Waals surface area (Å²) < 4.78 is 24.6. The Morgan fingerprint density at radius 2 is 1.84 bits per heavy atom. The number of halogens is 1. The first-order chi connectivity index (χ1) is 8.76. The van der Waals surface area contributed by atoms with E-state index in [9.17, 15) is 8.42 Å². The molecule has 19 heavy (non-hydrogen) atoms. The maximum absolute atomic E-state index is 12.3. The molecule has 5 heteroatoms. The Morgan fingerprint density at radius 1 is 1.26 bits per heavy atom. The van der Waals surface area contributed by atoms with Crippen LogP contribution in [0.3, 0.4) is 0 Å². The molecule has 0 amide bonds. The summed E-state index contributed by atoms with van der Waals surface area (Å²) in [5.41, 5.74) is 0.404. The third kappa shape index (κ3) is 3.63. The fourth-order valence-electron chi connectivity index (χ4n) is 1.79. The van der Waals surface area contributed by atoms with Crippen LogP contribution in [-0.4, -0.2) is 32.6 Å². The summed E-state index contributed by atoms with van der Waals surface area (Å²) in [7, 11) is -1.36. The van der Waals surface area contributed by atoms with E-state index in [0.29, 0.717) is 22.9 Å². The van der Waals surface area contributed by atoms with E-state index < -0.39 is 9.84 Å². The Bertz CT molecular complexity index is 526. The summed E-state index contributed by atoms with van der Waals surface area (Å²) in [4.78, 5) is 2.32. The molecule has 0 radical (unpaired) electrons. The maximum Gasteiger partial charge on any atom is 0.180 e. The molecule has 0 heterocycles. The predicted octanol–water partition coefficient (Wildman–Crippen LogP) is 3.32. The lowest BCUT2D eigenvalue weighted by Crippen LogP contribution is -2.43. The molecule has 0 atom stereocenters.